The molecule has 1 aromatic heterocycles. The standard InChI is InChI=1S/C16H31N3/c1-7-15-9-16(19(6)18-15)8-14(13(4)5)11-17-10-12(2)3/h9,12-14,17H,7-8,10-11H2,1-6H3. The van der Waals surface area contributed by atoms with Crippen LogP contribution < -0.4 is 5.32 Å². The molecule has 110 valence electrons. The number of aryl methyl sites for hydroxylation is 2. The first-order valence-electron chi connectivity index (χ1n) is 7.66. The minimum atomic E-state index is 0.679. The van der Waals surface area contributed by atoms with Crippen LogP contribution in [0.5, 0.6) is 0 Å². The number of nitrogens with zero attached hydrogens (tertiary/aromatic N) is 2. The molecule has 0 fully saturated rings. The highest BCUT2D eigenvalue weighted by atomic mass is 15.3. The van der Waals surface area contributed by atoms with Crippen LogP contribution in [0.15, 0.2) is 6.07 Å². The maximum absolute atomic E-state index is 4.55. The van der Waals surface area contributed by atoms with E-state index >= 15 is 0 Å². The van der Waals surface area contributed by atoms with E-state index in [1.54, 1.807) is 0 Å². The van der Waals surface area contributed by atoms with Gasteiger partial charge in [-0.3, -0.25) is 4.68 Å². The number of aromatic nitrogens is 2. The van der Waals surface area contributed by atoms with Crippen LogP contribution in [0.25, 0.3) is 0 Å². The Balaban J connectivity index is 2.59. The second-order valence-corrected chi connectivity index (χ2v) is 6.36. The predicted octanol–water partition coefficient (Wildman–Crippen LogP) is 3.04. The van der Waals surface area contributed by atoms with Crippen molar-refractivity contribution >= 4 is 0 Å². The fourth-order valence-corrected chi connectivity index (χ4v) is 2.30. The van der Waals surface area contributed by atoms with Crippen LogP contribution in [0.3, 0.4) is 0 Å². The summed E-state index contributed by atoms with van der Waals surface area (Å²) in [6.07, 6.45) is 2.14. The Hall–Kier alpha value is -0.830. The van der Waals surface area contributed by atoms with Crippen molar-refractivity contribution < 1.29 is 0 Å². The lowest BCUT2D eigenvalue weighted by Crippen LogP contribution is -2.30. The molecule has 0 saturated heterocycles. The Morgan fingerprint density at radius 2 is 1.89 bits per heavy atom. The number of hydrogen-bond acceptors (Lipinski definition) is 2. The molecule has 3 heteroatoms. The molecule has 1 heterocycles. The summed E-state index contributed by atoms with van der Waals surface area (Å²) in [6.45, 7) is 13.5. The smallest absolute Gasteiger partial charge is 0.0624 e. The maximum atomic E-state index is 4.55. The van der Waals surface area contributed by atoms with Gasteiger partial charge in [-0.05, 0) is 49.8 Å². The van der Waals surface area contributed by atoms with Crippen molar-refractivity contribution in [3.8, 4) is 0 Å². The Labute approximate surface area is 118 Å². The van der Waals surface area contributed by atoms with E-state index in [9.17, 15) is 0 Å². The minimum Gasteiger partial charge on any atom is -0.316 e. The van der Waals surface area contributed by atoms with Gasteiger partial charge in [0.05, 0.1) is 5.69 Å². The molecule has 0 amide bonds. The molecule has 0 saturated carbocycles. The van der Waals surface area contributed by atoms with Crippen molar-refractivity contribution in [2.24, 2.45) is 24.8 Å². The van der Waals surface area contributed by atoms with E-state index in [4.69, 9.17) is 0 Å². The van der Waals surface area contributed by atoms with Gasteiger partial charge in [-0.15, -0.1) is 0 Å². The molecule has 0 aliphatic carbocycles. The summed E-state index contributed by atoms with van der Waals surface area (Å²) in [5.74, 6) is 2.09. The van der Waals surface area contributed by atoms with Crippen molar-refractivity contribution in [3.63, 3.8) is 0 Å². The van der Waals surface area contributed by atoms with Crippen LogP contribution in [-0.4, -0.2) is 22.9 Å². The van der Waals surface area contributed by atoms with Crippen molar-refractivity contribution in [1.82, 2.24) is 15.1 Å². The third kappa shape index (κ3) is 5.35. The second kappa shape index (κ2) is 7.68. The molecule has 0 bridgehead atoms. The van der Waals surface area contributed by atoms with Crippen LogP contribution in [-0.2, 0) is 19.9 Å². The molecule has 1 aromatic rings. The fraction of sp³-hybridized carbons (Fsp3) is 0.812. The van der Waals surface area contributed by atoms with Crippen LogP contribution in [0.2, 0.25) is 0 Å². The zero-order valence-electron chi connectivity index (χ0n) is 13.5. The summed E-state index contributed by atoms with van der Waals surface area (Å²) in [6, 6.07) is 2.26. The Bertz CT molecular complexity index is 366. The van der Waals surface area contributed by atoms with Gasteiger partial charge in [0, 0.05) is 12.7 Å². The van der Waals surface area contributed by atoms with Crippen molar-refractivity contribution in [1.29, 1.82) is 0 Å². The molecule has 0 aromatic carbocycles. The zero-order chi connectivity index (χ0) is 14.4. The topological polar surface area (TPSA) is 29.9 Å². The van der Waals surface area contributed by atoms with Gasteiger partial charge in [-0.1, -0.05) is 34.6 Å². The zero-order valence-corrected chi connectivity index (χ0v) is 13.5. The van der Waals surface area contributed by atoms with E-state index in [-0.39, 0.29) is 0 Å². The average molecular weight is 265 g/mol. The van der Waals surface area contributed by atoms with E-state index in [1.165, 1.54) is 11.4 Å². The lowest BCUT2D eigenvalue weighted by Gasteiger charge is -2.22. The second-order valence-electron chi connectivity index (χ2n) is 6.36. The first-order chi connectivity index (χ1) is 8.93. The van der Waals surface area contributed by atoms with Gasteiger partial charge >= 0.3 is 0 Å². The molecular formula is C16H31N3. The van der Waals surface area contributed by atoms with Gasteiger partial charge in [0.25, 0.3) is 0 Å². The quantitative estimate of drug-likeness (QED) is 0.783. The third-order valence-corrected chi connectivity index (χ3v) is 3.76. The summed E-state index contributed by atoms with van der Waals surface area (Å²) in [4.78, 5) is 0. The highest BCUT2D eigenvalue weighted by Gasteiger charge is 2.16. The molecule has 0 spiro atoms. The van der Waals surface area contributed by atoms with Gasteiger partial charge < -0.3 is 5.32 Å². The minimum absolute atomic E-state index is 0.679. The number of hydrogen-bond donors (Lipinski definition) is 1. The molecule has 0 aliphatic heterocycles. The largest absolute Gasteiger partial charge is 0.316 e. The highest BCUT2D eigenvalue weighted by Crippen LogP contribution is 2.17. The summed E-state index contributed by atoms with van der Waals surface area (Å²) in [5.41, 5.74) is 2.57. The maximum Gasteiger partial charge on any atom is 0.0624 e. The number of rotatable bonds is 8. The first-order valence-corrected chi connectivity index (χ1v) is 7.66. The van der Waals surface area contributed by atoms with Crippen LogP contribution in [0.4, 0.5) is 0 Å². The molecule has 3 nitrogen and oxygen atoms in total. The van der Waals surface area contributed by atoms with E-state index in [0.29, 0.717) is 11.8 Å². The van der Waals surface area contributed by atoms with Gasteiger partial charge in [0.15, 0.2) is 0 Å². The van der Waals surface area contributed by atoms with E-state index in [0.717, 1.165) is 31.8 Å². The summed E-state index contributed by atoms with van der Waals surface area (Å²) in [5, 5.41) is 8.14. The Morgan fingerprint density at radius 1 is 1.21 bits per heavy atom. The lowest BCUT2D eigenvalue weighted by atomic mass is 9.90. The monoisotopic (exact) mass is 265 g/mol. The van der Waals surface area contributed by atoms with Crippen LogP contribution >= 0.6 is 0 Å². The van der Waals surface area contributed by atoms with Gasteiger partial charge in [-0.2, -0.15) is 5.10 Å². The van der Waals surface area contributed by atoms with Crippen molar-refractivity contribution in [2.45, 2.75) is 47.5 Å². The van der Waals surface area contributed by atoms with E-state index in [2.05, 4.69) is 62.8 Å². The normalized spacial score (nSPS) is 13.5. The summed E-state index contributed by atoms with van der Waals surface area (Å²) >= 11 is 0. The molecule has 0 radical (unpaired) electrons. The van der Waals surface area contributed by atoms with Crippen LogP contribution in [0.1, 0.15) is 46.0 Å². The first kappa shape index (κ1) is 16.2. The third-order valence-electron chi connectivity index (χ3n) is 3.76. The lowest BCUT2D eigenvalue weighted by molar-refractivity contribution is 0.346. The fourth-order valence-electron chi connectivity index (χ4n) is 2.30. The molecule has 19 heavy (non-hydrogen) atoms. The van der Waals surface area contributed by atoms with Crippen molar-refractivity contribution in [3.05, 3.63) is 17.5 Å². The van der Waals surface area contributed by atoms with Crippen molar-refractivity contribution in [2.75, 3.05) is 13.1 Å². The molecule has 1 unspecified atom stereocenters. The predicted molar refractivity (Wildman–Crippen MR) is 82.3 cm³/mol. The van der Waals surface area contributed by atoms with Gasteiger partial charge in [0.2, 0.25) is 0 Å². The molecule has 1 rings (SSSR count). The molecule has 1 atom stereocenters. The van der Waals surface area contributed by atoms with E-state index < -0.39 is 0 Å². The summed E-state index contributed by atoms with van der Waals surface area (Å²) < 4.78 is 2.05. The Kier molecular flexibility index (Phi) is 6.56. The highest BCUT2D eigenvalue weighted by molar-refractivity contribution is 5.11. The van der Waals surface area contributed by atoms with E-state index in [1.807, 2.05) is 0 Å². The average Bonchev–Trinajstić information content (AvgIpc) is 2.68. The SMILES string of the molecule is CCc1cc(CC(CNCC(C)C)C(C)C)n(C)n1. The summed E-state index contributed by atoms with van der Waals surface area (Å²) in [7, 11) is 2.06. The Morgan fingerprint density at radius 3 is 2.37 bits per heavy atom. The van der Waals surface area contributed by atoms with Gasteiger partial charge in [-0.25, -0.2) is 0 Å². The molecular weight excluding hydrogens is 234 g/mol. The number of nitrogens with one attached hydrogen (secondary N) is 1. The molecule has 0 aliphatic rings. The van der Waals surface area contributed by atoms with Crippen LogP contribution in [0, 0.1) is 17.8 Å². The van der Waals surface area contributed by atoms with Gasteiger partial charge in [0.1, 0.15) is 0 Å². The molecule has 1 N–H and O–H groups in total.